The first-order valence-electron chi connectivity index (χ1n) is 6.63. The zero-order valence-electron chi connectivity index (χ0n) is 11.1. The Bertz CT molecular complexity index is 419. The van der Waals surface area contributed by atoms with Gasteiger partial charge in [-0.15, -0.1) is 0 Å². The van der Waals surface area contributed by atoms with Crippen LogP contribution in [-0.2, 0) is 4.79 Å². The minimum Gasteiger partial charge on any atom is -0.368 e. The van der Waals surface area contributed by atoms with Crippen molar-refractivity contribution in [1.29, 1.82) is 0 Å². The lowest BCUT2D eigenvalue weighted by Gasteiger charge is -2.20. The molecule has 2 heterocycles. The number of aromatic nitrogens is 1. The Balaban J connectivity index is 1.78. The van der Waals surface area contributed by atoms with Gasteiger partial charge in [-0.25, -0.2) is 4.98 Å². The summed E-state index contributed by atoms with van der Waals surface area (Å²) in [6.07, 6.45) is 2.70. The van der Waals surface area contributed by atoms with Crippen LogP contribution in [0.1, 0.15) is 31.9 Å². The molecule has 1 aromatic heterocycles. The van der Waals surface area contributed by atoms with Gasteiger partial charge in [0, 0.05) is 31.2 Å². The second-order valence-electron chi connectivity index (χ2n) is 4.98. The molecule has 1 atom stereocenters. The van der Waals surface area contributed by atoms with E-state index < -0.39 is 0 Å². The summed E-state index contributed by atoms with van der Waals surface area (Å²) >= 11 is 0. The van der Waals surface area contributed by atoms with Crippen LogP contribution in [0.15, 0.2) is 18.2 Å². The van der Waals surface area contributed by atoms with Crippen LogP contribution >= 0.6 is 0 Å². The van der Waals surface area contributed by atoms with Gasteiger partial charge in [-0.3, -0.25) is 4.79 Å². The molecule has 4 heteroatoms. The van der Waals surface area contributed by atoms with Crippen LogP contribution < -0.4 is 5.32 Å². The summed E-state index contributed by atoms with van der Waals surface area (Å²) in [5.74, 6) is 1.21. The van der Waals surface area contributed by atoms with Crippen molar-refractivity contribution in [2.24, 2.45) is 0 Å². The topological polar surface area (TPSA) is 45.2 Å². The molecule has 0 bridgehead atoms. The molecular formula is C14H21N3O. The lowest BCUT2D eigenvalue weighted by molar-refractivity contribution is -0.127. The average Bonchev–Trinajstić information content (AvgIpc) is 2.72. The predicted molar refractivity (Wildman–Crippen MR) is 72.5 cm³/mol. The molecule has 2 rings (SSSR count). The number of nitrogens with zero attached hydrogens (tertiary/aromatic N) is 2. The zero-order valence-corrected chi connectivity index (χ0v) is 11.1. The van der Waals surface area contributed by atoms with Gasteiger partial charge in [-0.05, 0) is 38.8 Å². The van der Waals surface area contributed by atoms with Crippen molar-refractivity contribution in [3.05, 3.63) is 23.9 Å². The van der Waals surface area contributed by atoms with Gasteiger partial charge in [0.25, 0.3) is 0 Å². The summed E-state index contributed by atoms with van der Waals surface area (Å²) in [6.45, 7) is 5.89. The molecule has 1 aliphatic rings. The SMILES string of the molecule is Cc1cccc(NC(C)CCN2CCCC2=O)n1. The fourth-order valence-corrected chi connectivity index (χ4v) is 2.24. The first kappa shape index (κ1) is 12.9. The van der Waals surface area contributed by atoms with Gasteiger partial charge < -0.3 is 10.2 Å². The minimum atomic E-state index is 0.302. The molecule has 1 fully saturated rings. The maximum absolute atomic E-state index is 11.5. The number of nitrogens with one attached hydrogen (secondary N) is 1. The quantitative estimate of drug-likeness (QED) is 0.867. The molecule has 1 amide bonds. The highest BCUT2D eigenvalue weighted by Gasteiger charge is 2.20. The molecule has 4 nitrogen and oxygen atoms in total. The van der Waals surface area contributed by atoms with Crippen LogP contribution in [0.2, 0.25) is 0 Å². The standard InChI is InChI=1S/C14H21N3O/c1-11-5-3-6-13(15-11)16-12(2)8-10-17-9-4-7-14(17)18/h3,5-6,12H,4,7-10H2,1-2H3,(H,15,16). The summed E-state index contributed by atoms with van der Waals surface area (Å²) in [4.78, 5) is 17.9. The molecule has 1 aliphatic heterocycles. The van der Waals surface area contributed by atoms with Gasteiger partial charge in [0.1, 0.15) is 5.82 Å². The highest BCUT2D eigenvalue weighted by Crippen LogP contribution is 2.12. The molecule has 0 spiro atoms. The van der Waals surface area contributed by atoms with Crippen molar-refractivity contribution in [3.63, 3.8) is 0 Å². The summed E-state index contributed by atoms with van der Waals surface area (Å²) in [5.41, 5.74) is 1.02. The number of rotatable bonds is 5. The Kier molecular flexibility index (Phi) is 4.18. The van der Waals surface area contributed by atoms with Crippen LogP contribution in [0.5, 0.6) is 0 Å². The molecule has 1 saturated heterocycles. The van der Waals surface area contributed by atoms with Gasteiger partial charge >= 0.3 is 0 Å². The second-order valence-corrected chi connectivity index (χ2v) is 4.98. The van der Waals surface area contributed by atoms with Crippen molar-refractivity contribution in [1.82, 2.24) is 9.88 Å². The lowest BCUT2D eigenvalue weighted by atomic mass is 10.2. The highest BCUT2D eigenvalue weighted by molar-refractivity contribution is 5.78. The molecule has 0 radical (unpaired) electrons. The van der Waals surface area contributed by atoms with E-state index >= 15 is 0 Å². The van der Waals surface area contributed by atoms with Gasteiger partial charge in [-0.1, -0.05) is 6.07 Å². The third-order valence-corrected chi connectivity index (χ3v) is 3.29. The van der Waals surface area contributed by atoms with Gasteiger partial charge in [-0.2, -0.15) is 0 Å². The van der Waals surface area contributed by atoms with E-state index in [4.69, 9.17) is 0 Å². The molecule has 1 unspecified atom stereocenters. The minimum absolute atomic E-state index is 0.302. The van der Waals surface area contributed by atoms with E-state index in [0.29, 0.717) is 11.9 Å². The van der Waals surface area contributed by atoms with Crippen LogP contribution in [0.3, 0.4) is 0 Å². The van der Waals surface area contributed by atoms with Crippen LogP contribution in [-0.4, -0.2) is 34.9 Å². The van der Waals surface area contributed by atoms with Crippen molar-refractivity contribution in [2.45, 2.75) is 39.2 Å². The first-order valence-corrected chi connectivity index (χ1v) is 6.63. The van der Waals surface area contributed by atoms with E-state index in [0.717, 1.165) is 43.9 Å². The molecule has 1 N–H and O–H groups in total. The Labute approximate surface area is 108 Å². The Morgan fingerprint density at radius 2 is 2.33 bits per heavy atom. The number of likely N-dealkylation sites (tertiary alicyclic amines) is 1. The van der Waals surface area contributed by atoms with Crippen molar-refractivity contribution >= 4 is 11.7 Å². The maximum atomic E-state index is 11.5. The third-order valence-electron chi connectivity index (χ3n) is 3.29. The smallest absolute Gasteiger partial charge is 0.222 e. The average molecular weight is 247 g/mol. The maximum Gasteiger partial charge on any atom is 0.222 e. The normalized spacial score (nSPS) is 17.0. The largest absolute Gasteiger partial charge is 0.368 e. The summed E-state index contributed by atoms with van der Waals surface area (Å²) < 4.78 is 0. The zero-order chi connectivity index (χ0) is 13.0. The second kappa shape index (κ2) is 5.85. The Morgan fingerprint density at radius 3 is 3.00 bits per heavy atom. The Morgan fingerprint density at radius 1 is 1.50 bits per heavy atom. The molecule has 0 aliphatic carbocycles. The highest BCUT2D eigenvalue weighted by atomic mass is 16.2. The van der Waals surface area contributed by atoms with Crippen molar-refractivity contribution in [2.75, 3.05) is 18.4 Å². The monoisotopic (exact) mass is 247 g/mol. The fourth-order valence-electron chi connectivity index (χ4n) is 2.24. The lowest BCUT2D eigenvalue weighted by Crippen LogP contribution is -2.29. The molecule has 18 heavy (non-hydrogen) atoms. The van der Waals surface area contributed by atoms with Crippen molar-refractivity contribution in [3.8, 4) is 0 Å². The van der Waals surface area contributed by atoms with Crippen LogP contribution in [0.25, 0.3) is 0 Å². The van der Waals surface area contributed by atoms with Gasteiger partial charge in [0.15, 0.2) is 0 Å². The number of hydrogen-bond donors (Lipinski definition) is 1. The summed E-state index contributed by atoms with van der Waals surface area (Å²) in [5, 5.41) is 3.37. The Hall–Kier alpha value is -1.58. The van der Waals surface area contributed by atoms with E-state index in [-0.39, 0.29) is 0 Å². The molecule has 1 aromatic rings. The first-order chi connectivity index (χ1) is 8.65. The van der Waals surface area contributed by atoms with E-state index in [2.05, 4.69) is 17.2 Å². The molecular weight excluding hydrogens is 226 g/mol. The number of carbonyl (C=O) groups excluding carboxylic acids is 1. The number of carbonyl (C=O) groups is 1. The predicted octanol–water partition coefficient (Wildman–Crippen LogP) is 2.20. The number of pyridine rings is 1. The summed E-state index contributed by atoms with van der Waals surface area (Å²) in [6, 6.07) is 6.29. The number of anilines is 1. The number of hydrogen-bond acceptors (Lipinski definition) is 3. The van der Waals surface area contributed by atoms with Crippen LogP contribution in [0.4, 0.5) is 5.82 Å². The van der Waals surface area contributed by atoms with E-state index in [1.807, 2.05) is 30.0 Å². The molecule has 0 aromatic carbocycles. The van der Waals surface area contributed by atoms with Crippen LogP contribution in [0, 0.1) is 6.92 Å². The summed E-state index contributed by atoms with van der Waals surface area (Å²) in [7, 11) is 0. The molecule has 98 valence electrons. The number of amides is 1. The number of aryl methyl sites for hydroxylation is 1. The molecule has 0 saturated carbocycles. The van der Waals surface area contributed by atoms with Gasteiger partial charge in [0.2, 0.25) is 5.91 Å². The van der Waals surface area contributed by atoms with E-state index in [9.17, 15) is 4.79 Å². The van der Waals surface area contributed by atoms with E-state index in [1.54, 1.807) is 0 Å². The third kappa shape index (κ3) is 3.45. The van der Waals surface area contributed by atoms with E-state index in [1.165, 1.54) is 0 Å². The van der Waals surface area contributed by atoms with Crippen molar-refractivity contribution < 1.29 is 4.79 Å². The van der Waals surface area contributed by atoms with Gasteiger partial charge in [0.05, 0.1) is 0 Å². The fraction of sp³-hybridized carbons (Fsp3) is 0.571.